The van der Waals surface area contributed by atoms with Crippen molar-refractivity contribution in [3.63, 3.8) is 0 Å². The standard InChI is InChI=1S/C27H34N8O.C2H6.CH4O/c1-4-17-11-12-23-31-32-26(35(17)23)21-9-6-10-22(29-21)34-15-19-18(27(34)36)14-24(30-25(19)20(28)5-2)33-13-7-8-16(33)3;2*1-2/h6,9-10,14,16-17,20H,4-5,7-8,11-13,15,28H2,1-3H3;1-2H3;2H,1H3/t16-,17-,20+;;/m1../s1. The van der Waals surface area contributed by atoms with Gasteiger partial charge in [0.05, 0.1) is 17.8 Å². The number of hydrogen-bond acceptors (Lipinski definition) is 8. The lowest BCUT2D eigenvalue weighted by atomic mass is 10.0. The third-order valence-corrected chi connectivity index (χ3v) is 8.12. The van der Waals surface area contributed by atoms with E-state index < -0.39 is 0 Å². The molecule has 0 unspecified atom stereocenters. The highest BCUT2D eigenvalue weighted by molar-refractivity contribution is 6.10. The lowest BCUT2D eigenvalue weighted by molar-refractivity contribution is 0.0996. The van der Waals surface area contributed by atoms with Crippen LogP contribution in [0.3, 0.4) is 0 Å². The first-order chi connectivity index (χ1) is 19.5. The molecule has 3 N–H and O–H groups in total. The Balaban J connectivity index is 0.000000886. The van der Waals surface area contributed by atoms with Crippen LogP contribution in [-0.2, 0) is 13.0 Å². The van der Waals surface area contributed by atoms with E-state index in [9.17, 15) is 4.79 Å². The van der Waals surface area contributed by atoms with Gasteiger partial charge in [0.15, 0.2) is 5.82 Å². The maximum absolute atomic E-state index is 13.8. The van der Waals surface area contributed by atoms with E-state index >= 15 is 0 Å². The van der Waals surface area contributed by atoms with Crippen LogP contribution in [0.4, 0.5) is 11.6 Å². The summed E-state index contributed by atoms with van der Waals surface area (Å²) >= 11 is 0. The maximum Gasteiger partial charge on any atom is 0.260 e. The number of fused-ring (bicyclic) bond motifs is 2. The number of nitrogens with zero attached hydrogens (tertiary/aromatic N) is 7. The van der Waals surface area contributed by atoms with Crippen molar-refractivity contribution in [2.75, 3.05) is 23.5 Å². The van der Waals surface area contributed by atoms with Gasteiger partial charge in [-0.1, -0.05) is 33.8 Å². The predicted octanol–water partition coefficient (Wildman–Crippen LogP) is 4.83. The molecule has 216 valence electrons. The molecule has 6 heterocycles. The molecule has 6 rings (SSSR count). The highest BCUT2D eigenvalue weighted by Gasteiger charge is 2.36. The highest BCUT2D eigenvalue weighted by Crippen LogP contribution is 2.37. The number of carbonyl (C=O) groups excluding carboxylic acids is 1. The van der Waals surface area contributed by atoms with Gasteiger partial charge in [0.1, 0.15) is 23.2 Å². The van der Waals surface area contributed by atoms with Crippen LogP contribution in [0.15, 0.2) is 24.3 Å². The molecule has 0 aromatic carbocycles. The molecule has 3 aliphatic rings. The number of nitrogens with two attached hydrogens (primary N) is 1. The number of rotatable bonds is 6. The minimum absolute atomic E-state index is 0.0485. The third kappa shape index (κ3) is 5.22. The van der Waals surface area contributed by atoms with Gasteiger partial charge in [-0.25, -0.2) is 9.97 Å². The number of aromatic nitrogens is 5. The molecule has 0 spiro atoms. The summed E-state index contributed by atoms with van der Waals surface area (Å²) in [7, 11) is 1.00. The molecule has 3 aromatic rings. The Morgan fingerprint density at radius 3 is 2.55 bits per heavy atom. The zero-order valence-corrected chi connectivity index (χ0v) is 24.8. The first kappa shape index (κ1) is 29.6. The largest absolute Gasteiger partial charge is 0.400 e. The van der Waals surface area contributed by atoms with Gasteiger partial charge in [-0.3, -0.25) is 9.69 Å². The molecular formula is C30H44N8O2. The number of anilines is 2. The first-order valence-electron chi connectivity index (χ1n) is 14.7. The number of aryl methyl sites for hydroxylation is 1. The first-order valence-corrected chi connectivity index (χ1v) is 14.7. The number of hydrogen-bond donors (Lipinski definition) is 2. The molecule has 1 amide bonds. The lowest BCUT2D eigenvalue weighted by Crippen LogP contribution is -2.28. The Morgan fingerprint density at radius 2 is 1.88 bits per heavy atom. The molecule has 3 atom stereocenters. The van der Waals surface area contributed by atoms with Gasteiger partial charge in [-0.05, 0) is 57.2 Å². The van der Waals surface area contributed by atoms with Crippen molar-refractivity contribution in [2.24, 2.45) is 5.73 Å². The van der Waals surface area contributed by atoms with Crippen LogP contribution < -0.4 is 15.5 Å². The summed E-state index contributed by atoms with van der Waals surface area (Å²) in [6.45, 7) is 11.8. The van der Waals surface area contributed by atoms with E-state index in [1.54, 1.807) is 4.90 Å². The zero-order chi connectivity index (χ0) is 29.0. The summed E-state index contributed by atoms with van der Waals surface area (Å²) < 4.78 is 2.22. The van der Waals surface area contributed by atoms with Crippen LogP contribution in [0.1, 0.15) is 106 Å². The van der Waals surface area contributed by atoms with Crippen LogP contribution in [0.2, 0.25) is 0 Å². The van der Waals surface area contributed by atoms with Crippen molar-refractivity contribution in [3.05, 3.63) is 46.9 Å². The van der Waals surface area contributed by atoms with Crippen LogP contribution >= 0.6 is 0 Å². The van der Waals surface area contributed by atoms with Crippen LogP contribution in [0, 0.1) is 0 Å². The van der Waals surface area contributed by atoms with Crippen molar-refractivity contribution in [3.8, 4) is 11.5 Å². The lowest BCUT2D eigenvalue weighted by Gasteiger charge is -2.25. The molecular weight excluding hydrogens is 504 g/mol. The van der Waals surface area contributed by atoms with Crippen LogP contribution in [0.25, 0.3) is 11.5 Å². The summed E-state index contributed by atoms with van der Waals surface area (Å²) in [5, 5.41) is 15.9. The number of carbonyl (C=O) groups is 1. The molecule has 10 nitrogen and oxygen atoms in total. The summed E-state index contributed by atoms with van der Waals surface area (Å²) in [5.41, 5.74) is 9.71. The van der Waals surface area contributed by atoms with Crippen molar-refractivity contribution in [1.82, 2.24) is 24.7 Å². The highest BCUT2D eigenvalue weighted by atomic mass is 16.2. The molecule has 1 fully saturated rings. The molecule has 0 aliphatic carbocycles. The Hall–Kier alpha value is -3.37. The molecule has 0 bridgehead atoms. The van der Waals surface area contributed by atoms with Gasteiger partial charge in [0.2, 0.25) is 0 Å². The van der Waals surface area contributed by atoms with E-state index in [0.717, 1.165) is 86.6 Å². The monoisotopic (exact) mass is 548 g/mol. The van der Waals surface area contributed by atoms with Crippen LogP contribution in [0.5, 0.6) is 0 Å². The molecule has 1 saturated heterocycles. The van der Waals surface area contributed by atoms with Gasteiger partial charge in [0, 0.05) is 43.8 Å². The second kappa shape index (κ2) is 12.9. The van der Waals surface area contributed by atoms with E-state index in [2.05, 4.69) is 40.4 Å². The summed E-state index contributed by atoms with van der Waals surface area (Å²) in [6, 6.07) is 8.33. The van der Waals surface area contributed by atoms with Gasteiger partial charge in [-0.15, -0.1) is 10.2 Å². The van der Waals surface area contributed by atoms with E-state index in [4.69, 9.17) is 20.8 Å². The Labute approximate surface area is 237 Å². The normalized spacial score (nSPS) is 19.9. The van der Waals surface area contributed by atoms with Gasteiger partial charge in [-0.2, -0.15) is 0 Å². The molecule has 0 saturated carbocycles. The van der Waals surface area contributed by atoms with Crippen molar-refractivity contribution in [2.45, 2.75) is 97.8 Å². The Bertz CT molecular complexity index is 1320. The third-order valence-electron chi connectivity index (χ3n) is 8.12. The zero-order valence-electron chi connectivity index (χ0n) is 24.8. The topological polar surface area (TPSA) is 126 Å². The predicted molar refractivity (Wildman–Crippen MR) is 158 cm³/mol. The fourth-order valence-corrected chi connectivity index (χ4v) is 5.98. The van der Waals surface area contributed by atoms with Crippen LogP contribution in [-0.4, -0.2) is 55.4 Å². The van der Waals surface area contributed by atoms with E-state index in [0.29, 0.717) is 30.0 Å². The number of aliphatic hydroxyl groups is 1. The fourth-order valence-electron chi connectivity index (χ4n) is 5.98. The van der Waals surface area contributed by atoms with E-state index in [1.165, 1.54) is 0 Å². The number of pyridine rings is 2. The average Bonchev–Trinajstić information content (AvgIpc) is 3.79. The quantitative estimate of drug-likeness (QED) is 0.449. The Kier molecular flexibility index (Phi) is 9.52. The number of aliphatic hydroxyl groups excluding tert-OH is 1. The van der Waals surface area contributed by atoms with Gasteiger partial charge < -0.3 is 20.3 Å². The van der Waals surface area contributed by atoms with Gasteiger partial charge in [0.25, 0.3) is 5.91 Å². The SMILES string of the molecule is CC.CC[C@@H]1CCc2nnc(-c3cccc(N4Cc5c(cc(N6CCC[C@H]6C)nc5[C@@H](N)CC)C4=O)n3)n21.CO. The second-order valence-electron chi connectivity index (χ2n) is 10.3. The Morgan fingerprint density at radius 1 is 1.10 bits per heavy atom. The molecule has 3 aliphatic heterocycles. The second-order valence-corrected chi connectivity index (χ2v) is 10.3. The summed E-state index contributed by atoms with van der Waals surface area (Å²) in [6.07, 6.45) is 6.09. The molecule has 0 radical (unpaired) electrons. The van der Waals surface area contributed by atoms with Gasteiger partial charge >= 0.3 is 0 Å². The minimum Gasteiger partial charge on any atom is -0.400 e. The van der Waals surface area contributed by atoms with E-state index in [-0.39, 0.29) is 11.9 Å². The average molecular weight is 549 g/mol. The molecule has 40 heavy (non-hydrogen) atoms. The fraction of sp³-hybridized carbons (Fsp3) is 0.567. The smallest absolute Gasteiger partial charge is 0.260 e. The number of amides is 1. The molecule has 10 heteroatoms. The van der Waals surface area contributed by atoms with E-state index in [1.807, 2.05) is 38.1 Å². The van der Waals surface area contributed by atoms with Crippen molar-refractivity contribution < 1.29 is 9.90 Å². The summed E-state index contributed by atoms with van der Waals surface area (Å²) in [4.78, 5) is 27.7. The van der Waals surface area contributed by atoms with Crippen molar-refractivity contribution in [1.29, 1.82) is 0 Å². The summed E-state index contributed by atoms with van der Waals surface area (Å²) in [5.74, 6) is 3.22. The maximum atomic E-state index is 13.8. The minimum atomic E-state index is -0.215. The van der Waals surface area contributed by atoms with Crippen molar-refractivity contribution >= 4 is 17.5 Å². The molecule has 3 aromatic heterocycles.